The number of hydrogen-bond donors (Lipinski definition) is 2. The van der Waals surface area contributed by atoms with E-state index in [2.05, 4.69) is 28.6 Å². The van der Waals surface area contributed by atoms with Gasteiger partial charge in [0.25, 0.3) is 0 Å². The van der Waals surface area contributed by atoms with Crippen LogP contribution in [0, 0.1) is 0 Å². The van der Waals surface area contributed by atoms with Crippen molar-refractivity contribution in [1.29, 1.82) is 0 Å². The fourth-order valence-electron chi connectivity index (χ4n) is 3.27. The first-order valence-electron chi connectivity index (χ1n) is 8.23. The van der Waals surface area contributed by atoms with Crippen molar-refractivity contribution in [3.8, 4) is 0 Å². The lowest BCUT2D eigenvalue weighted by Gasteiger charge is -2.25. The largest absolute Gasteiger partial charge is 0.369 e. The Bertz CT molecular complexity index is 397. The van der Waals surface area contributed by atoms with Crippen LogP contribution in [0.3, 0.4) is 0 Å². The molecule has 0 unspecified atom stereocenters. The lowest BCUT2D eigenvalue weighted by molar-refractivity contribution is 0.441. The average Bonchev–Trinajstić information content (AvgIpc) is 2.50. The molecule has 0 saturated heterocycles. The van der Waals surface area contributed by atoms with E-state index in [4.69, 9.17) is 0 Å². The highest BCUT2D eigenvalue weighted by molar-refractivity contribution is 5.49. The second-order valence-corrected chi connectivity index (χ2v) is 5.84. The lowest BCUT2D eigenvalue weighted by atomic mass is 9.81. The highest BCUT2D eigenvalue weighted by Gasteiger charge is 2.20. The van der Waals surface area contributed by atoms with Crippen LogP contribution in [0.4, 0.5) is 5.82 Å². The van der Waals surface area contributed by atoms with Gasteiger partial charge in [-0.1, -0.05) is 32.6 Å². The third kappa shape index (κ3) is 3.95. The van der Waals surface area contributed by atoms with Crippen molar-refractivity contribution in [3.63, 3.8) is 0 Å². The number of pyridine rings is 1. The number of rotatable bonds is 7. The Hall–Kier alpha value is -1.09. The van der Waals surface area contributed by atoms with Gasteiger partial charge in [-0.3, -0.25) is 0 Å². The summed E-state index contributed by atoms with van der Waals surface area (Å²) in [5.74, 6) is 1.88. The van der Waals surface area contributed by atoms with E-state index < -0.39 is 0 Å². The number of aromatic nitrogens is 1. The van der Waals surface area contributed by atoms with Crippen LogP contribution >= 0.6 is 0 Å². The Kier molecular flexibility index (Phi) is 6.31. The molecule has 1 aromatic heterocycles. The van der Waals surface area contributed by atoms with Crippen LogP contribution < -0.4 is 10.6 Å². The molecule has 1 fully saturated rings. The van der Waals surface area contributed by atoms with Gasteiger partial charge in [0, 0.05) is 19.3 Å². The number of likely N-dealkylation sites (N-methyl/N-ethyl adjacent to an activating group) is 1. The Balaban J connectivity index is 2.18. The van der Waals surface area contributed by atoms with Gasteiger partial charge in [-0.15, -0.1) is 0 Å². The molecular weight excluding hydrogens is 246 g/mol. The quantitative estimate of drug-likeness (QED) is 0.745. The summed E-state index contributed by atoms with van der Waals surface area (Å²) in [5.41, 5.74) is 3.03. The summed E-state index contributed by atoms with van der Waals surface area (Å²) < 4.78 is 0. The van der Waals surface area contributed by atoms with Crippen molar-refractivity contribution in [2.75, 3.05) is 25.5 Å². The Morgan fingerprint density at radius 1 is 1.20 bits per heavy atom. The zero-order chi connectivity index (χ0) is 14.2. The maximum atomic E-state index is 4.59. The van der Waals surface area contributed by atoms with Crippen molar-refractivity contribution in [1.82, 2.24) is 10.3 Å². The third-order valence-electron chi connectivity index (χ3n) is 4.30. The summed E-state index contributed by atoms with van der Waals surface area (Å²) in [6, 6.07) is 2.27. The Labute approximate surface area is 123 Å². The van der Waals surface area contributed by atoms with E-state index in [0.29, 0.717) is 0 Å². The second-order valence-electron chi connectivity index (χ2n) is 5.84. The maximum absolute atomic E-state index is 4.59. The molecule has 0 spiro atoms. The first-order chi connectivity index (χ1) is 9.86. The van der Waals surface area contributed by atoms with Crippen molar-refractivity contribution in [2.45, 2.75) is 57.8 Å². The SMILES string of the molecule is CCCc1c(C2CCCCC2)ccnc1NCCNC. The van der Waals surface area contributed by atoms with Crippen LogP contribution in [-0.4, -0.2) is 25.1 Å². The van der Waals surface area contributed by atoms with Crippen LogP contribution in [0.15, 0.2) is 12.3 Å². The molecule has 0 radical (unpaired) electrons. The van der Waals surface area contributed by atoms with Gasteiger partial charge in [0.05, 0.1) is 0 Å². The first-order valence-corrected chi connectivity index (χ1v) is 8.23. The van der Waals surface area contributed by atoms with E-state index in [1.165, 1.54) is 44.1 Å². The number of hydrogen-bond acceptors (Lipinski definition) is 3. The van der Waals surface area contributed by atoms with E-state index >= 15 is 0 Å². The average molecular weight is 275 g/mol. The molecular formula is C17H29N3. The van der Waals surface area contributed by atoms with Gasteiger partial charge in [-0.25, -0.2) is 4.98 Å². The van der Waals surface area contributed by atoms with Crippen LogP contribution in [-0.2, 0) is 6.42 Å². The number of anilines is 1. The molecule has 20 heavy (non-hydrogen) atoms. The minimum atomic E-state index is 0.762. The molecule has 3 nitrogen and oxygen atoms in total. The number of nitrogens with zero attached hydrogens (tertiary/aromatic N) is 1. The van der Waals surface area contributed by atoms with Crippen molar-refractivity contribution in [3.05, 3.63) is 23.4 Å². The van der Waals surface area contributed by atoms with E-state index in [0.717, 1.165) is 31.2 Å². The van der Waals surface area contributed by atoms with Crippen LogP contribution in [0.5, 0.6) is 0 Å². The zero-order valence-corrected chi connectivity index (χ0v) is 13.0. The van der Waals surface area contributed by atoms with Gasteiger partial charge in [0.1, 0.15) is 5.82 Å². The third-order valence-corrected chi connectivity index (χ3v) is 4.30. The topological polar surface area (TPSA) is 37.0 Å². The molecule has 0 aliphatic heterocycles. The first kappa shape index (κ1) is 15.3. The standard InChI is InChI=1S/C17H29N3/c1-3-7-16-15(14-8-5-4-6-9-14)10-11-19-17(16)20-13-12-18-2/h10-11,14,18H,3-9,12-13H2,1-2H3,(H,19,20). The molecule has 1 aliphatic carbocycles. The summed E-state index contributed by atoms with van der Waals surface area (Å²) in [7, 11) is 1.99. The van der Waals surface area contributed by atoms with Crippen LogP contribution in [0.2, 0.25) is 0 Å². The summed E-state index contributed by atoms with van der Waals surface area (Å²) in [6.45, 7) is 4.17. The van der Waals surface area contributed by atoms with E-state index in [1.807, 2.05) is 13.2 Å². The highest BCUT2D eigenvalue weighted by Crippen LogP contribution is 2.36. The van der Waals surface area contributed by atoms with Gasteiger partial charge in [0.15, 0.2) is 0 Å². The molecule has 0 bridgehead atoms. The summed E-state index contributed by atoms with van der Waals surface area (Å²) >= 11 is 0. The Morgan fingerprint density at radius 2 is 2.00 bits per heavy atom. The minimum absolute atomic E-state index is 0.762. The molecule has 1 aromatic rings. The van der Waals surface area contributed by atoms with Crippen molar-refractivity contribution in [2.24, 2.45) is 0 Å². The summed E-state index contributed by atoms with van der Waals surface area (Å²) in [4.78, 5) is 4.59. The predicted octanol–water partition coefficient (Wildman–Crippen LogP) is 3.71. The molecule has 112 valence electrons. The molecule has 0 atom stereocenters. The maximum Gasteiger partial charge on any atom is 0.129 e. The van der Waals surface area contributed by atoms with Crippen molar-refractivity contribution >= 4 is 5.82 Å². The smallest absolute Gasteiger partial charge is 0.129 e. The summed E-state index contributed by atoms with van der Waals surface area (Å²) in [6.07, 6.45) is 11.2. The molecule has 0 aromatic carbocycles. The summed E-state index contributed by atoms with van der Waals surface area (Å²) in [5, 5.41) is 6.68. The lowest BCUT2D eigenvalue weighted by Crippen LogP contribution is -2.19. The second kappa shape index (κ2) is 8.25. The highest BCUT2D eigenvalue weighted by atomic mass is 15.0. The van der Waals surface area contributed by atoms with E-state index in [1.54, 1.807) is 5.56 Å². The van der Waals surface area contributed by atoms with Crippen LogP contribution in [0.1, 0.15) is 62.5 Å². The minimum Gasteiger partial charge on any atom is -0.369 e. The molecule has 3 heteroatoms. The molecule has 0 amide bonds. The predicted molar refractivity (Wildman–Crippen MR) is 86.5 cm³/mol. The number of nitrogens with one attached hydrogen (secondary N) is 2. The zero-order valence-electron chi connectivity index (χ0n) is 13.0. The van der Waals surface area contributed by atoms with Crippen molar-refractivity contribution < 1.29 is 0 Å². The fraction of sp³-hybridized carbons (Fsp3) is 0.706. The van der Waals surface area contributed by atoms with Crippen LogP contribution in [0.25, 0.3) is 0 Å². The monoisotopic (exact) mass is 275 g/mol. The molecule has 1 heterocycles. The van der Waals surface area contributed by atoms with E-state index in [9.17, 15) is 0 Å². The van der Waals surface area contributed by atoms with Gasteiger partial charge in [-0.05, 0) is 49.4 Å². The molecule has 2 N–H and O–H groups in total. The Morgan fingerprint density at radius 3 is 2.70 bits per heavy atom. The van der Waals surface area contributed by atoms with Gasteiger partial charge in [-0.2, -0.15) is 0 Å². The normalized spacial score (nSPS) is 16.3. The molecule has 1 aliphatic rings. The molecule has 1 saturated carbocycles. The fourth-order valence-corrected chi connectivity index (χ4v) is 3.27. The van der Waals surface area contributed by atoms with Gasteiger partial charge < -0.3 is 10.6 Å². The van der Waals surface area contributed by atoms with Gasteiger partial charge in [0.2, 0.25) is 0 Å². The molecule has 2 rings (SSSR count). The van der Waals surface area contributed by atoms with Gasteiger partial charge >= 0.3 is 0 Å². The van der Waals surface area contributed by atoms with E-state index in [-0.39, 0.29) is 0 Å².